The molecule has 1 unspecified atom stereocenters. The molecular weight excluding hydrogens is 390 g/mol. The highest BCUT2D eigenvalue weighted by atomic mass is 35.5. The Kier molecular flexibility index (Phi) is 8.17. The van der Waals surface area contributed by atoms with Gasteiger partial charge in [0.25, 0.3) is 0 Å². The summed E-state index contributed by atoms with van der Waals surface area (Å²) >= 11 is 6.00. The van der Waals surface area contributed by atoms with Gasteiger partial charge in [-0.1, -0.05) is 11.6 Å². The van der Waals surface area contributed by atoms with Crippen LogP contribution in [0.25, 0.3) is 0 Å². The number of halogens is 3. The van der Waals surface area contributed by atoms with Crippen LogP contribution in [0.15, 0.2) is 42.5 Å². The summed E-state index contributed by atoms with van der Waals surface area (Å²) < 4.78 is 18.7. The number of hydrogen-bond acceptors (Lipinski definition) is 4. The predicted octanol–water partition coefficient (Wildman–Crippen LogP) is 3.77. The summed E-state index contributed by atoms with van der Waals surface area (Å²) in [4.78, 5) is 4.45. The van der Waals surface area contributed by atoms with E-state index in [1.807, 2.05) is 31.2 Å². The van der Waals surface area contributed by atoms with Crippen LogP contribution in [0.4, 0.5) is 10.1 Å². The zero-order chi connectivity index (χ0) is 18.5. The Morgan fingerprint density at radius 2 is 1.78 bits per heavy atom. The van der Waals surface area contributed by atoms with E-state index < -0.39 is 6.10 Å². The molecule has 0 aromatic heterocycles. The van der Waals surface area contributed by atoms with Crippen LogP contribution in [0, 0.1) is 12.7 Å². The third-order valence-electron chi connectivity index (χ3n) is 4.60. The molecule has 0 amide bonds. The summed E-state index contributed by atoms with van der Waals surface area (Å²) in [5.74, 6) is 0.499. The fourth-order valence-corrected chi connectivity index (χ4v) is 3.21. The molecule has 0 bridgehead atoms. The Hall–Kier alpha value is -1.53. The summed E-state index contributed by atoms with van der Waals surface area (Å²) in [6.45, 7) is 6.17. The van der Waals surface area contributed by atoms with E-state index >= 15 is 0 Å². The van der Waals surface area contributed by atoms with Crippen molar-refractivity contribution in [2.75, 3.05) is 44.2 Å². The van der Waals surface area contributed by atoms with Crippen molar-refractivity contribution in [1.82, 2.24) is 4.90 Å². The van der Waals surface area contributed by atoms with Gasteiger partial charge >= 0.3 is 0 Å². The maximum Gasteiger partial charge on any atom is 0.123 e. The molecule has 1 atom stereocenters. The van der Waals surface area contributed by atoms with Crippen molar-refractivity contribution in [3.63, 3.8) is 0 Å². The Bertz CT molecular complexity index is 722. The summed E-state index contributed by atoms with van der Waals surface area (Å²) in [7, 11) is 0. The molecule has 0 aliphatic carbocycles. The third-order valence-corrected chi connectivity index (χ3v) is 5.03. The van der Waals surface area contributed by atoms with Gasteiger partial charge < -0.3 is 14.7 Å². The van der Waals surface area contributed by atoms with E-state index in [4.69, 9.17) is 16.3 Å². The highest BCUT2D eigenvalue weighted by Gasteiger charge is 2.19. The summed E-state index contributed by atoms with van der Waals surface area (Å²) in [5.41, 5.74) is 1.99. The van der Waals surface area contributed by atoms with Crippen LogP contribution >= 0.6 is 24.0 Å². The van der Waals surface area contributed by atoms with Gasteiger partial charge in [-0.25, -0.2) is 4.39 Å². The number of rotatable bonds is 6. The first-order valence-corrected chi connectivity index (χ1v) is 9.19. The van der Waals surface area contributed by atoms with E-state index in [1.165, 1.54) is 12.1 Å². The molecular formula is C20H25Cl2FN2O2. The Morgan fingerprint density at radius 1 is 1.11 bits per heavy atom. The number of aryl methyl sites for hydroxylation is 1. The lowest BCUT2D eigenvalue weighted by Crippen LogP contribution is -2.49. The van der Waals surface area contributed by atoms with Gasteiger partial charge in [0.15, 0.2) is 0 Å². The third kappa shape index (κ3) is 6.25. The molecule has 7 heteroatoms. The summed E-state index contributed by atoms with van der Waals surface area (Å²) in [6, 6.07) is 12.1. The minimum atomic E-state index is -0.552. The van der Waals surface area contributed by atoms with Crippen LogP contribution in [0.5, 0.6) is 5.75 Å². The molecule has 1 aliphatic rings. The number of β-amino-alcohol motifs (C(OH)–C–C–N with tert-alkyl or cyclic N) is 1. The molecule has 3 rings (SSSR count). The first kappa shape index (κ1) is 21.8. The molecule has 1 saturated heterocycles. The number of piperazine rings is 1. The van der Waals surface area contributed by atoms with Crippen molar-refractivity contribution in [3.05, 3.63) is 58.9 Å². The van der Waals surface area contributed by atoms with Gasteiger partial charge in [0, 0.05) is 43.4 Å². The van der Waals surface area contributed by atoms with Crippen molar-refractivity contribution in [2.45, 2.75) is 13.0 Å². The lowest BCUT2D eigenvalue weighted by Gasteiger charge is -2.36. The fourth-order valence-electron chi connectivity index (χ4n) is 3.09. The van der Waals surface area contributed by atoms with Crippen LogP contribution in [0.1, 0.15) is 5.56 Å². The zero-order valence-electron chi connectivity index (χ0n) is 15.3. The molecule has 4 nitrogen and oxygen atoms in total. The Morgan fingerprint density at radius 3 is 2.41 bits per heavy atom. The highest BCUT2D eigenvalue weighted by molar-refractivity contribution is 6.31. The number of nitrogens with zero attached hydrogens (tertiary/aromatic N) is 2. The van der Waals surface area contributed by atoms with Crippen LogP contribution in [0.3, 0.4) is 0 Å². The highest BCUT2D eigenvalue weighted by Crippen LogP contribution is 2.21. The van der Waals surface area contributed by atoms with Crippen LogP contribution in [0.2, 0.25) is 5.02 Å². The van der Waals surface area contributed by atoms with E-state index in [0.717, 1.165) is 37.4 Å². The number of anilines is 1. The minimum Gasteiger partial charge on any atom is -0.491 e. The molecule has 27 heavy (non-hydrogen) atoms. The van der Waals surface area contributed by atoms with E-state index in [9.17, 15) is 9.50 Å². The topological polar surface area (TPSA) is 35.9 Å². The second-order valence-corrected chi connectivity index (χ2v) is 7.05. The van der Waals surface area contributed by atoms with Gasteiger partial charge in [-0.15, -0.1) is 12.4 Å². The number of aliphatic hydroxyl groups is 1. The molecule has 1 fully saturated rings. The van der Waals surface area contributed by atoms with Crippen LogP contribution < -0.4 is 9.64 Å². The molecule has 0 spiro atoms. The van der Waals surface area contributed by atoms with Crippen molar-refractivity contribution in [3.8, 4) is 5.75 Å². The Balaban J connectivity index is 0.00000261. The molecule has 2 aromatic rings. The molecule has 148 valence electrons. The second-order valence-electron chi connectivity index (χ2n) is 6.64. The standard InChI is InChI=1S/C20H24ClFN2O2.ClH/c1-15-12-19(6-7-20(15)21)26-14-18(25)13-23-8-10-24(11-9-23)17-4-2-16(22)3-5-17;/h2-7,12,18,25H,8-11,13-14H2,1H3;1H. The molecule has 2 aromatic carbocycles. The average Bonchev–Trinajstić information content (AvgIpc) is 2.64. The largest absolute Gasteiger partial charge is 0.491 e. The van der Waals surface area contributed by atoms with Crippen molar-refractivity contribution >= 4 is 29.7 Å². The van der Waals surface area contributed by atoms with E-state index in [0.29, 0.717) is 17.3 Å². The molecule has 0 radical (unpaired) electrons. The first-order valence-electron chi connectivity index (χ1n) is 8.81. The average molecular weight is 415 g/mol. The second kappa shape index (κ2) is 10.1. The summed E-state index contributed by atoms with van der Waals surface area (Å²) in [6.07, 6.45) is -0.552. The van der Waals surface area contributed by atoms with Gasteiger partial charge in [0.2, 0.25) is 0 Å². The fraction of sp³-hybridized carbons (Fsp3) is 0.400. The van der Waals surface area contributed by atoms with Gasteiger partial charge in [-0.2, -0.15) is 0 Å². The van der Waals surface area contributed by atoms with Crippen LogP contribution in [-0.4, -0.2) is 55.4 Å². The van der Waals surface area contributed by atoms with Crippen molar-refractivity contribution in [1.29, 1.82) is 0 Å². The molecule has 1 aliphatic heterocycles. The maximum atomic E-state index is 13.0. The lowest BCUT2D eigenvalue weighted by atomic mass is 10.2. The van der Waals surface area contributed by atoms with Gasteiger partial charge in [-0.3, -0.25) is 4.90 Å². The lowest BCUT2D eigenvalue weighted by molar-refractivity contribution is 0.0663. The van der Waals surface area contributed by atoms with Gasteiger partial charge in [-0.05, 0) is 55.0 Å². The summed E-state index contributed by atoms with van der Waals surface area (Å²) in [5, 5.41) is 11.0. The maximum absolute atomic E-state index is 13.0. The predicted molar refractivity (Wildman–Crippen MR) is 110 cm³/mol. The van der Waals surface area contributed by atoms with E-state index in [1.54, 1.807) is 6.07 Å². The number of aliphatic hydroxyl groups excluding tert-OH is 1. The Labute approximate surface area is 170 Å². The molecule has 1 N–H and O–H groups in total. The molecule has 1 heterocycles. The van der Waals surface area contributed by atoms with E-state index in [2.05, 4.69) is 9.80 Å². The van der Waals surface area contributed by atoms with Crippen molar-refractivity contribution < 1.29 is 14.2 Å². The smallest absolute Gasteiger partial charge is 0.123 e. The van der Waals surface area contributed by atoms with Gasteiger partial charge in [0.1, 0.15) is 24.3 Å². The van der Waals surface area contributed by atoms with Crippen molar-refractivity contribution in [2.24, 2.45) is 0 Å². The number of ether oxygens (including phenoxy) is 1. The molecule has 0 saturated carbocycles. The normalized spacial score (nSPS) is 15.9. The van der Waals surface area contributed by atoms with E-state index in [-0.39, 0.29) is 24.8 Å². The van der Waals surface area contributed by atoms with Crippen LogP contribution in [-0.2, 0) is 0 Å². The number of benzene rings is 2. The SMILES string of the molecule is Cc1cc(OCC(O)CN2CCN(c3ccc(F)cc3)CC2)ccc1Cl.Cl. The monoisotopic (exact) mass is 414 g/mol. The first-order chi connectivity index (χ1) is 12.5. The van der Waals surface area contributed by atoms with Gasteiger partial charge in [0.05, 0.1) is 0 Å². The minimum absolute atomic E-state index is 0. The number of hydrogen-bond donors (Lipinski definition) is 1. The zero-order valence-corrected chi connectivity index (χ0v) is 16.8. The quantitative estimate of drug-likeness (QED) is 0.780.